The third-order valence-corrected chi connectivity index (χ3v) is 5.67. The third kappa shape index (κ3) is 4.17. The summed E-state index contributed by atoms with van der Waals surface area (Å²) >= 11 is 0. The molecule has 0 bridgehead atoms. The molecule has 1 unspecified atom stereocenters. The summed E-state index contributed by atoms with van der Waals surface area (Å²) in [4.78, 5) is 43.5. The van der Waals surface area contributed by atoms with Crippen LogP contribution in [0.25, 0.3) is 11.3 Å². The van der Waals surface area contributed by atoms with Gasteiger partial charge >= 0.3 is 5.97 Å². The Kier molecular flexibility index (Phi) is 5.86. The lowest BCUT2D eigenvalue weighted by molar-refractivity contribution is -0.116. The number of carbonyl (C=O) groups is 3. The van der Waals surface area contributed by atoms with Crippen molar-refractivity contribution in [3.8, 4) is 11.3 Å². The number of hydrogen-bond donors (Lipinski definition) is 0. The van der Waals surface area contributed by atoms with E-state index in [1.54, 1.807) is 49.1 Å². The van der Waals surface area contributed by atoms with Crippen LogP contribution in [0.15, 0.2) is 60.7 Å². The zero-order chi connectivity index (χ0) is 22.8. The molecule has 3 aromatic rings. The van der Waals surface area contributed by atoms with Crippen LogP contribution in [0.2, 0.25) is 0 Å². The first kappa shape index (κ1) is 21.4. The van der Waals surface area contributed by atoms with Crippen molar-refractivity contribution in [3.05, 3.63) is 83.0 Å². The third-order valence-electron chi connectivity index (χ3n) is 5.67. The minimum Gasteiger partial charge on any atom is -0.451 e. The van der Waals surface area contributed by atoms with Crippen molar-refractivity contribution >= 4 is 23.3 Å². The van der Waals surface area contributed by atoms with Crippen LogP contribution in [-0.4, -0.2) is 35.3 Å². The molecule has 6 nitrogen and oxygen atoms in total. The normalized spacial score (nSPS) is 13.4. The number of benzene rings is 2. The van der Waals surface area contributed by atoms with Crippen LogP contribution in [0, 0.1) is 6.92 Å². The fourth-order valence-corrected chi connectivity index (χ4v) is 3.94. The van der Waals surface area contributed by atoms with Crippen LogP contribution >= 0.6 is 0 Å². The molecule has 0 aliphatic carbocycles. The highest BCUT2D eigenvalue weighted by atomic mass is 16.5. The van der Waals surface area contributed by atoms with Crippen molar-refractivity contribution in [2.45, 2.75) is 33.3 Å². The molecule has 6 heteroatoms. The summed E-state index contributed by atoms with van der Waals surface area (Å²) in [7, 11) is 0. The number of fused-ring (bicyclic) bond motifs is 1. The molecule has 2 aromatic carbocycles. The van der Waals surface area contributed by atoms with Crippen LogP contribution in [-0.2, 0) is 16.0 Å². The highest BCUT2D eigenvalue weighted by Crippen LogP contribution is 2.29. The maximum atomic E-state index is 12.9. The van der Waals surface area contributed by atoms with Crippen LogP contribution in [0.1, 0.15) is 45.8 Å². The number of aromatic nitrogens is 1. The number of amides is 1. The molecule has 0 spiro atoms. The smallest absolute Gasteiger partial charge is 0.340 e. The van der Waals surface area contributed by atoms with E-state index in [-0.39, 0.29) is 11.7 Å². The van der Waals surface area contributed by atoms with Crippen LogP contribution in [0.3, 0.4) is 0 Å². The maximum Gasteiger partial charge on any atom is 0.340 e. The number of anilines is 1. The number of pyridine rings is 1. The Bertz CT molecular complexity index is 1200. The summed E-state index contributed by atoms with van der Waals surface area (Å²) in [6.07, 6.45) is -0.248. The van der Waals surface area contributed by atoms with Crippen molar-refractivity contribution in [2.24, 2.45) is 0 Å². The Morgan fingerprint density at radius 3 is 2.47 bits per heavy atom. The van der Waals surface area contributed by atoms with Gasteiger partial charge in [-0.15, -0.1) is 0 Å². The molecule has 0 N–H and O–H groups in total. The van der Waals surface area contributed by atoms with Gasteiger partial charge in [-0.3, -0.25) is 14.6 Å². The summed E-state index contributed by atoms with van der Waals surface area (Å²) in [5.74, 6) is -0.888. The van der Waals surface area contributed by atoms with Crippen molar-refractivity contribution in [2.75, 3.05) is 11.4 Å². The Morgan fingerprint density at radius 1 is 1.03 bits per heavy atom. The molecule has 1 aromatic heterocycles. The Morgan fingerprint density at radius 2 is 1.78 bits per heavy atom. The number of ether oxygens (including phenoxy) is 1. The molecule has 162 valence electrons. The first-order chi connectivity index (χ1) is 15.3. The Labute approximate surface area is 186 Å². The highest BCUT2D eigenvalue weighted by Gasteiger charge is 2.26. The lowest BCUT2D eigenvalue weighted by atomic mass is 10.0. The van der Waals surface area contributed by atoms with Gasteiger partial charge in [-0.1, -0.05) is 30.3 Å². The number of carbonyl (C=O) groups excluding carboxylic acids is 3. The van der Waals surface area contributed by atoms with Crippen LogP contribution in [0.4, 0.5) is 5.69 Å². The number of nitrogens with zero attached hydrogens (tertiary/aromatic N) is 2. The summed E-state index contributed by atoms with van der Waals surface area (Å²) in [6, 6.07) is 18.4. The molecule has 1 atom stereocenters. The Hall–Kier alpha value is -3.80. The number of Topliss-reactive ketones (excluding diaryl/α,β-unsaturated/α-hetero) is 1. The molecule has 1 aliphatic rings. The molecule has 1 aliphatic heterocycles. The lowest BCUT2D eigenvalue weighted by Gasteiger charge is -2.16. The van der Waals surface area contributed by atoms with Crippen LogP contribution < -0.4 is 4.90 Å². The molecule has 4 rings (SSSR count). The van der Waals surface area contributed by atoms with Gasteiger partial charge < -0.3 is 9.64 Å². The minimum atomic E-state index is -0.945. The second-order valence-electron chi connectivity index (χ2n) is 7.87. The van der Waals surface area contributed by atoms with Gasteiger partial charge in [0, 0.05) is 30.3 Å². The van der Waals surface area contributed by atoms with Gasteiger partial charge in [-0.25, -0.2) is 4.79 Å². The highest BCUT2D eigenvalue weighted by molar-refractivity contribution is 6.03. The monoisotopic (exact) mass is 428 g/mol. The number of aryl methyl sites for hydroxylation is 1. The van der Waals surface area contributed by atoms with Crippen molar-refractivity contribution in [1.82, 2.24) is 4.98 Å². The van der Waals surface area contributed by atoms with Gasteiger partial charge in [-0.05, 0) is 56.2 Å². The molecular formula is C26H24N2O4. The van der Waals surface area contributed by atoms with Gasteiger partial charge in [0.2, 0.25) is 11.7 Å². The van der Waals surface area contributed by atoms with Gasteiger partial charge in [0.1, 0.15) is 0 Å². The fourth-order valence-electron chi connectivity index (χ4n) is 3.94. The van der Waals surface area contributed by atoms with Crippen molar-refractivity contribution in [1.29, 1.82) is 0 Å². The summed E-state index contributed by atoms with van der Waals surface area (Å²) in [5.41, 5.74) is 4.83. The molecule has 1 amide bonds. The zero-order valence-electron chi connectivity index (χ0n) is 18.3. The first-order valence-corrected chi connectivity index (χ1v) is 10.5. The van der Waals surface area contributed by atoms with E-state index in [1.165, 1.54) is 6.92 Å². The molecule has 0 saturated heterocycles. The average molecular weight is 428 g/mol. The van der Waals surface area contributed by atoms with Crippen LogP contribution in [0.5, 0.6) is 0 Å². The van der Waals surface area contributed by atoms with Gasteiger partial charge in [0.05, 0.1) is 17.0 Å². The second-order valence-corrected chi connectivity index (χ2v) is 7.87. The zero-order valence-corrected chi connectivity index (χ0v) is 18.3. The maximum absolute atomic E-state index is 12.9. The SMILES string of the molecule is CC(=O)N1CCc2cc(C(=O)C(C)OC(=O)c3ccc(-c4ccccc4)nc3C)ccc21. The lowest BCUT2D eigenvalue weighted by Crippen LogP contribution is -2.26. The number of ketones is 1. The van der Waals surface area contributed by atoms with E-state index in [4.69, 9.17) is 4.74 Å². The molecule has 2 heterocycles. The number of rotatable bonds is 5. The van der Waals surface area contributed by atoms with E-state index in [9.17, 15) is 14.4 Å². The largest absolute Gasteiger partial charge is 0.451 e. The average Bonchev–Trinajstić information content (AvgIpc) is 3.22. The standard InChI is InChI=1S/C26H24N2O4/c1-16-22(10-11-23(27-16)19-7-5-4-6-8-19)26(31)32-17(2)25(30)21-9-12-24-20(15-21)13-14-28(24)18(3)29/h4-12,15,17H,13-14H2,1-3H3. The molecule has 0 saturated carbocycles. The van der Waals surface area contributed by atoms with Gasteiger partial charge in [-0.2, -0.15) is 0 Å². The predicted molar refractivity (Wildman–Crippen MR) is 122 cm³/mol. The summed E-state index contributed by atoms with van der Waals surface area (Å²) in [6.45, 7) is 5.45. The first-order valence-electron chi connectivity index (χ1n) is 10.5. The van der Waals surface area contributed by atoms with E-state index in [0.29, 0.717) is 29.8 Å². The molecule has 32 heavy (non-hydrogen) atoms. The summed E-state index contributed by atoms with van der Waals surface area (Å²) in [5, 5.41) is 0. The van der Waals surface area contributed by atoms with E-state index in [2.05, 4.69) is 4.98 Å². The second kappa shape index (κ2) is 8.75. The van der Waals surface area contributed by atoms with Gasteiger partial charge in [0.15, 0.2) is 6.10 Å². The predicted octanol–water partition coefficient (Wildman–Crippen LogP) is 4.39. The van der Waals surface area contributed by atoms with E-state index < -0.39 is 12.1 Å². The van der Waals surface area contributed by atoms with E-state index in [0.717, 1.165) is 22.5 Å². The quantitative estimate of drug-likeness (QED) is 0.445. The van der Waals surface area contributed by atoms with E-state index >= 15 is 0 Å². The fraction of sp³-hybridized carbons (Fsp3) is 0.231. The number of hydrogen-bond acceptors (Lipinski definition) is 5. The van der Waals surface area contributed by atoms with Gasteiger partial charge in [0.25, 0.3) is 0 Å². The number of esters is 1. The van der Waals surface area contributed by atoms with Crippen molar-refractivity contribution < 1.29 is 19.1 Å². The summed E-state index contributed by atoms with van der Waals surface area (Å²) < 4.78 is 5.46. The topological polar surface area (TPSA) is 76.6 Å². The molecule has 0 fully saturated rings. The Balaban J connectivity index is 1.47. The van der Waals surface area contributed by atoms with E-state index in [1.807, 2.05) is 30.3 Å². The van der Waals surface area contributed by atoms with Crippen molar-refractivity contribution in [3.63, 3.8) is 0 Å². The molecular weight excluding hydrogens is 404 g/mol. The minimum absolute atomic E-state index is 0.0209. The molecule has 0 radical (unpaired) electrons.